The number of hydrogen-bond acceptors (Lipinski definition) is 3. The minimum Gasteiger partial charge on any atom is -0.480 e. The summed E-state index contributed by atoms with van der Waals surface area (Å²) in [5, 5.41) is 18.4. The van der Waals surface area contributed by atoms with Crippen LogP contribution >= 0.6 is 0 Å². The van der Waals surface area contributed by atoms with Crippen LogP contribution < -0.4 is 0 Å². The van der Waals surface area contributed by atoms with Crippen LogP contribution in [0.1, 0.15) is 32.1 Å². The molecule has 0 spiro atoms. The van der Waals surface area contributed by atoms with Crippen LogP contribution in [0, 0.1) is 5.92 Å². The highest BCUT2D eigenvalue weighted by molar-refractivity contribution is 5.86. The molecule has 0 bridgehead atoms. The van der Waals surface area contributed by atoms with Crippen LogP contribution in [0.4, 0.5) is 0 Å². The predicted octanol–water partition coefficient (Wildman–Crippen LogP) is 0.223. The van der Waals surface area contributed by atoms with E-state index in [4.69, 9.17) is 5.11 Å². The summed E-state index contributed by atoms with van der Waals surface area (Å²) < 4.78 is 0. The number of carbonyl (C=O) groups excluding carboxylic acids is 1. The third-order valence-corrected chi connectivity index (χ3v) is 3.55. The molecule has 0 aromatic rings. The average molecular weight is 227 g/mol. The molecule has 1 heterocycles. The Bertz CT molecular complexity index is 298. The van der Waals surface area contributed by atoms with Crippen LogP contribution in [0.25, 0.3) is 0 Å². The molecule has 90 valence electrons. The van der Waals surface area contributed by atoms with Crippen molar-refractivity contribution in [3.63, 3.8) is 0 Å². The van der Waals surface area contributed by atoms with E-state index in [2.05, 4.69) is 0 Å². The summed E-state index contributed by atoms with van der Waals surface area (Å²) in [6, 6.07) is -0.830. The van der Waals surface area contributed by atoms with Crippen LogP contribution in [-0.4, -0.2) is 45.7 Å². The molecule has 2 aliphatic rings. The molecular formula is C11H17NO4. The van der Waals surface area contributed by atoms with Crippen LogP contribution in [0.5, 0.6) is 0 Å². The van der Waals surface area contributed by atoms with Gasteiger partial charge in [-0.05, 0) is 12.8 Å². The third kappa shape index (κ3) is 2.04. The molecule has 5 nitrogen and oxygen atoms in total. The number of aliphatic carboxylic acids is 1. The Hall–Kier alpha value is -1.10. The minimum atomic E-state index is -1.01. The molecule has 0 aromatic carbocycles. The molecule has 0 aromatic heterocycles. The minimum absolute atomic E-state index is 0.0212. The third-order valence-electron chi connectivity index (χ3n) is 3.55. The number of carbonyl (C=O) groups is 2. The van der Waals surface area contributed by atoms with Gasteiger partial charge in [0.1, 0.15) is 6.04 Å². The molecule has 16 heavy (non-hydrogen) atoms. The number of β-amino-alcohol motifs (C(OH)–C–C–N with tert-alkyl or cyclic N) is 1. The quantitative estimate of drug-likeness (QED) is 0.707. The summed E-state index contributed by atoms with van der Waals surface area (Å²) in [5.41, 5.74) is 0. The van der Waals surface area contributed by atoms with Gasteiger partial charge < -0.3 is 15.1 Å². The van der Waals surface area contributed by atoms with E-state index in [1.165, 1.54) is 4.90 Å². The van der Waals surface area contributed by atoms with Crippen molar-refractivity contribution in [3.8, 4) is 0 Å². The van der Waals surface area contributed by atoms with Gasteiger partial charge >= 0.3 is 5.97 Å². The van der Waals surface area contributed by atoms with Gasteiger partial charge in [0.25, 0.3) is 0 Å². The number of carboxylic acid groups (broad SMARTS) is 1. The molecule has 2 fully saturated rings. The van der Waals surface area contributed by atoms with Crippen molar-refractivity contribution in [2.24, 2.45) is 5.92 Å². The van der Waals surface area contributed by atoms with Gasteiger partial charge in [-0.2, -0.15) is 0 Å². The maximum atomic E-state index is 12.1. The van der Waals surface area contributed by atoms with Crippen molar-refractivity contribution in [1.82, 2.24) is 4.90 Å². The first-order valence-electron chi connectivity index (χ1n) is 5.81. The summed E-state index contributed by atoms with van der Waals surface area (Å²) in [6.07, 6.45) is 3.28. The van der Waals surface area contributed by atoms with E-state index in [0.717, 1.165) is 25.7 Å². The zero-order valence-corrected chi connectivity index (χ0v) is 9.13. The number of rotatable bonds is 2. The molecule has 1 saturated carbocycles. The molecule has 2 N–H and O–H groups in total. The van der Waals surface area contributed by atoms with E-state index in [0.29, 0.717) is 0 Å². The molecule has 5 heteroatoms. The van der Waals surface area contributed by atoms with Crippen molar-refractivity contribution >= 4 is 11.9 Å². The molecular weight excluding hydrogens is 210 g/mol. The monoisotopic (exact) mass is 227 g/mol. The van der Waals surface area contributed by atoms with E-state index in [-0.39, 0.29) is 24.8 Å². The van der Waals surface area contributed by atoms with Gasteiger partial charge in [-0.1, -0.05) is 12.8 Å². The van der Waals surface area contributed by atoms with Gasteiger partial charge in [0.2, 0.25) is 5.91 Å². The molecule has 2 rings (SSSR count). The molecule has 2 atom stereocenters. The van der Waals surface area contributed by atoms with Gasteiger partial charge in [-0.15, -0.1) is 0 Å². The fraction of sp³-hybridized carbons (Fsp3) is 0.818. The van der Waals surface area contributed by atoms with Crippen molar-refractivity contribution in [3.05, 3.63) is 0 Å². The van der Waals surface area contributed by atoms with Gasteiger partial charge in [0, 0.05) is 18.9 Å². The van der Waals surface area contributed by atoms with Crippen molar-refractivity contribution in [2.45, 2.75) is 44.2 Å². The fourth-order valence-electron chi connectivity index (χ4n) is 2.70. The lowest BCUT2D eigenvalue weighted by molar-refractivity contribution is -0.149. The molecule has 1 aliphatic carbocycles. The first kappa shape index (κ1) is 11.4. The maximum Gasteiger partial charge on any atom is 0.326 e. The fourth-order valence-corrected chi connectivity index (χ4v) is 2.70. The lowest BCUT2D eigenvalue weighted by Gasteiger charge is -2.24. The molecule has 1 saturated heterocycles. The average Bonchev–Trinajstić information content (AvgIpc) is 2.84. The molecule has 0 unspecified atom stereocenters. The van der Waals surface area contributed by atoms with Gasteiger partial charge in [-0.3, -0.25) is 4.79 Å². The Morgan fingerprint density at radius 2 is 1.81 bits per heavy atom. The normalized spacial score (nSPS) is 30.9. The highest BCUT2D eigenvalue weighted by Crippen LogP contribution is 2.29. The van der Waals surface area contributed by atoms with Crippen molar-refractivity contribution in [1.29, 1.82) is 0 Å². The number of likely N-dealkylation sites (tertiary alicyclic amines) is 1. The van der Waals surface area contributed by atoms with E-state index in [1.54, 1.807) is 0 Å². The van der Waals surface area contributed by atoms with Crippen LogP contribution in [-0.2, 0) is 9.59 Å². The van der Waals surface area contributed by atoms with Gasteiger partial charge in [-0.25, -0.2) is 4.79 Å². The molecule has 0 radical (unpaired) electrons. The largest absolute Gasteiger partial charge is 0.480 e. The van der Waals surface area contributed by atoms with Gasteiger partial charge in [0.05, 0.1) is 6.10 Å². The Morgan fingerprint density at radius 1 is 1.19 bits per heavy atom. The number of aliphatic hydroxyl groups is 1. The second kappa shape index (κ2) is 4.41. The summed E-state index contributed by atoms with van der Waals surface area (Å²) in [4.78, 5) is 24.4. The highest BCUT2D eigenvalue weighted by atomic mass is 16.4. The standard InChI is InChI=1S/C11H17NO4/c13-8-5-9(11(15)16)12(6-8)10(14)7-3-1-2-4-7/h7-9,13H,1-6H2,(H,15,16)/t8-,9-/m1/s1. The first-order chi connectivity index (χ1) is 7.59. The first-order valence-corrected chi connectivity index (χ1v) is 5.81. The highest BCUT2D eigenvalue weighted by Gasteiger charge is 2.41. The summed E-state index contributed by atoms with van der Waals surface area (Å²) in [5.74, 6) is -1.11. The van der Waals surface area contributed by atoms with Crippen LogP contribution in [0.2, 0.25) is 0 Å². The van der Waals surface area contributed by atoms with Gasteiger partial charge in [0.15, 0.2) is 0 Å². The number of carboxylic acids is 1. The van der Waals surface area contributed by atoms with E-state index < -0.39 is 18.1 Å². The number of amides is 1. The summed E-state index contributed by atoms with van der Waals surface area (Å²) >= 11 is 0. The number of hydrogen-bond donors (Lipinski definition) is 2. The Morgan fingerprint density at radius 3 is 2.38 bits per heavy atom. The SMILES string of the molecule is O=C(O)[C@H]1C[C@@H](O)CN1C(=O)C1CCCC1. The second-order valence-corrected chi connectivity index (χ2v) is 4.72. The zero-order valence-electron chi connectivity index (χ0n) is 9.13. The lowest BCUT2D eigenvalue weighted by Crippen LogP contribution is -2.43. The van der Waals surface area contributed by atoms with Crippen LogP contribution in [0.3, 0.4) is 0 Å². The van der Waals surface area contributed by atoms with Crippen LogP contribution in [0.15, 0.2) is 0 Å². The Kier molecular flexibility index (Phi) is 3.14. The van der Waals surface area contributed by atoms with E-state index >= 15 is 0 Å². The molecule has 1 amide bonds. The summed E-state index contributed by atoms with van der Waals surface area (Å²) in [6.45, 7) is 0.173. The zero-order chi connectivity index (χ0) is 11.7. The number of aliphatic hydroxyl groups excluding tert-OH is 1. The van der Waals surface area contributed by atoms with Crippen molar-refractivity contribution in [2.75, 3.05) is 6.54 Å². The van der Waals surface area contributed by atoms with Crippen molar-refractivity contribution < 1.29 is 19.8 Å². The predicted molar refractivity (Wildman–Crippen MR) is 55.7 cm³/mol. The Labute approximate surface area is 94.0 Å². The smallest absolute Gasteiger partial charge is 0.326 e. The maximum absolute atomic E-state index is 12.1. The van der Waals surface area contributed by atoms with E-state index in [9.17, 15) is 14.7 Å². The number of nitrogens with zero attached hydrogens (tertiary/aromatic N) is 1. The Balaban J connectivity index is 2.06. The second-order valence-electron chi connectivity index (χ2n) is 4.72. The lowest BCUT2D eigenvalue weighted by atomic mass is 10.1. The molecule has 1 aliphatic heterocycles. The van der Waals surface area contributed by atoms with E-state index in [1.807, 2.05) is 0 Å². The topological polar surface area (TPSA) is 77.8 Å². The summed E-state index contributed by atoms with van der Waals surface area (Å²) in [7, 11) is 0.